The van der Waals surface area contributed by atoms with Crippen molar-refractivity contribution in [1.29, 1.82) is 10.5 Å². The predicted molar refractivity (Wildman–Crippen MR) is 144 cm³/mol. The fourth-order valence-corrected chi connectivity index (χ4v) is 4.15. The summed E-state index contributed by atoms with van der Waals surface area (Å²) in [6.45, 7) is 10.2. The molecule has 0 bridgehead atoms. The van der Waals surface area contributed by atoms with Crippen LogP contribution in [0.4, 0.5) is 11.4 Å². The van der Waals surface area contributed by atoms with E-state index in [2.05, 4.69) is 43.7 Å². The average Bonchev–Trinajstić information content (AvgIpc) is 2.85. The minimum absolute atomic E-state index is 0.0332. The van der Waals surface area contributed by atoms with E-state index in [1.165, 1.54) is 0 Å². The van der Waals surface area contributed by atoms with Crippen molar-refractivity contribution in [3.63, 3.8) is 0 Å². The summed E-state index contributed by atoms with van der Waals surface area (Å²) in [6, 6.07) is 17.5. The van der Waals surface area contributed by atoms with Gasteiger partial charge in [0, 0.05) is 36.6 Å². The number of phenols is 1. The molecule has 0 aromatic heterocycles. The number of phenolic OH excluding ortho intramolecular Hbond substituents is 1. The molecule has 1 aliphatic rings. The van der Waals surface area contributed by atoms with Crippen LogP contribution in [0.15, 0.2) is 76.3 Å². The van der Waals surface area contributed by atoms with Crippen molar-refractivity contribution in [1.82, 2.24) is 0 Å². The Labute approximate surface area is 208 Å². The van der Waals surface area contributed by atoms with Crippen LogP contribution in [0, 0.1) is 28.1 Å². The number of allylic oxidation sites excluding steroid dienone is 5. The smallest absolute Gasteiger partial charge is 0.133 e. The minimum atomic E-state index is 0.0332. The van der Waals surface area contributed by atoms with Crippen LogP contribution in [0.5, 0.6) is 5.75 Å². The second kappa shape index (κ2) is 11.4. The first-order valence-corrected chi connectivity index (χ1v) is 11.9. The number of anilines is 1. The molecule has 0 fully saturated rings. The molecule has 0 amide bonds. The van der Waals surface area contributed by atoms with Crippen molar-refractivity contribution < 1.29 is 5.11 Å². The number of aliphatic imine (C=N–C) groups is 1. The first-order valence-electron chi connectivity index (χ1n) is 11.9. The first kappa shape index (κ1) is 25.5. The lowest BCUT2D eigenvalue weighted by Crippen LogP contribution is -2.21. The fourth-order valence-electron chi connectivity index (χ4n) is 4.15. The second-order valence-corrected chi connectivity index (χ2v) is 9.38. The molecule has 2 aromatic rings. The van der Waals surface area contributed by atoms with E-state index in [1.54, 1.807) is 12.3 Å². The Hall–Kier alpha value is -4.09. The number of hydrogen-bond acceptors (Lipinski definition) is 5. The second-order valence-electron chi connectivity index (χ2n) is 9.38. The molecule has 0 atom stereocenters. The Morgan fingerprint density at radius 1 is 1.06 bits per heavy atom. The van der Waals surface area contributed by atoms with E-state index in [0.717, 1.165) is 47.6 Å². The number of aromatic hydroxyl groups is 1. The van der Waals surface area contributed by atoms with E-state index in [1.807, 2.05) is 60.7 Å². The van der Waals surface area contributed by atoms with Gasteiger partial charge in [0.2, 0.25) is 0 Å². The average molecular weight is 465 g/mol. The third kappa shape index (κ3) is 6.49. The highest BCUT2D eigenvalue weighted by molar-refractivity contribution is 5.86. The Morgan fingerprint density at radius 3 is 2.34 bits per heavy atom. The highest BCUT2D eigenvalue weighted by atomic mass is 16.3. The molecule has 5 heteroatoms. The molecule has 1 N–H and O–H groups in total. The molecule has 0 unspecified atom stereocenters. The molecule has 178 valence electrons. The standard InChI is InChI=1S/C30H32N4O/c1-5-34(6-2)27-14-11-24(29(35)17-27)21-33-26-12-8-22(9-13-26)7-10-23-15-16-30(3,4)18-28(23)25(19-31)20-32/h7-15,17,21,35H,5-6,16,18H2,1-4H3/b10-7+,33-21+. The first-order chi connectivity index (χ1) is 16.8. The number of hydrogen-bond donors (Lipinski definition) is 1. The monoisotopic (exact) mass is 464 g/mol. The summed E-state index contributed by atoms with van der Waals surface area (Å²) in [6.07, 6.45) is 9.35. The van der Waals surface area contributed by atoms with Gasteiger partial charge in [-0.25, -0.2) is 0 Å². The Bertz CT molecular complexity index is 1240. The van der Waals surface area contributed by atoms with Crippen LogP contribution in [0.3, 0.4) is 0 Å². The summed E-state index contributed by atoms with van der Waals surface area (Å²) in [5.74, 6) is 0.208. The van der Waals surface area contributed by atoms with Crippen molar-refractivity contribution in [2.24, 2.45) is 10.4 Å². The zero-order chi connectivity index (χ0) is 25.4. The van der Waals surface area contributed by atoms with E-state index >= 15 is 0 Å². The van der Waals surface area contributed by atoms with Gasteiger partial charge in [0.05, 0.1) is 5.69 Å². The molecule has 0 heterocycles. The van der Waals surface area contributed by atoms with Gasteiger partial charge in [-0.3, -0.25) is 4.99 Å². The van der Waals surface area contributed by atoms with Crippen LogP contribution in [0.25, 0.3) is 6.08 Å². The zero-order valence-electron chi connectivity index (χ0n) is 20.9. The van der Waals surface area contributed by atoms with Crippen LogP contribution in [-0.2, 0) is 0 Å². The van der Waals surface area contributed by atoms with Crippen LogP contribution >= 0.6 is 0 Å². The van der Waals surface area contributed by atoms with Gasteiger partial charge in [-0.2, -0.15) is 10.5 Å². The summed E-state index contributed by atoms with van der Waals surface area (Å²) in [7, 11) is 0. The van der Waals surface area contributed by atoms with E-state index in [9.17, 15) is 15.6 Å². The maximum Gasteiger partial charge on any atom is 0.133 e. The van der Waals surface area contributed by atoms with E-state index in [-0.39, 0.29) is 16.7 Å². The Balaban J connectivity index is 1.75. The quantitative estimate of drug-likeness (QED) is 0.350. The van der Waals surface area contributed by atoms with Gasteiger partial charge in [0.15, 0.2) is 0 Å². The van der Waals surface area contributed by atoms with Gasteiger partial charge in [0.1, 0.15) is 23.5 Å². The van der Waals surface area contributed by atoms with Gasteiger partial charge < -0.3 is 10.0 Å². The van der Waals surface area contributed by atoms with Crippen molar-refractivity contribution in [2.75, 3.05) is 18.0 Å². The third-order valence-electron chi connectivity index (χ3n) is 6.25. The lowest BCUT2D eigenvalue weighted by atomic mass is 9.74. The summed E-state index contributed by atoms with van der Waals surface area (Å²) in [5, 5.41) is 29.2. The molecule has 0 saturated carbocycles. The molecule has 5 nitrogen and oxygen atoms in total. The SMILES string of the molecule is CCN(CC)c1ccc(/C=N/c2ccc(/C=C/C3=CCC(C)(C)CC3=C(C#N)C#N)cc2)c(O)c1. The summed E-state index contributed by atoms with van der Waals surface area (Å²) < 4.78 is 0. The fraction of sp³-hybridized carbons (Fsp3) is 0.300. The maximum absolute atomic E-state index is 10.4. The number of nitrogens with zero attached hydrogens (tertiary/aromatic N) is 4. The van der Waals surface area contributed by atoms with Gasteiger partial charge in [-0.15, -0.1) is 0 Å². The van der Waals surface area contributed by atoms with Crippen molar-refractivity contribution in [3.8, 4) is 17.9 Å². The molecule has 35 heavy (non-hydrogen) atoms. The highest BCUT2D eigenvalue weighted by Gasteiger charge is 2.26. The number of nitriles is 2. The van der Waals surface area contributed by atoms with Crippen LogP contribution < -0.4 is 4.90 Å². The third-order valence-corrected chi connectivity index (χ3v) is 6.25. The van der Waals surface area contributed by atoms with Crippen molar-refractivity contribution >= 4 is 23.7 Å². The topological polar surface area (TPSA) is 83.4 Å². The van der Waals surface area contributed by atoms with Crippen LogP contribution in [0.1, 0.15) is 51.7 Å². The molecular weight excluding hydrogens is 432 g/mol. The van der Waals surface area contributed by atoms with Crippen molar-refractivity contribution in [3.05, 3.63) is 82.5 Å². The molecule has 3 rings (SSSR count). The van der Waals surface area contributed by atoms with E-state index in [0.29, 0.717) is 12.0 Å². The van der Waals surface area contributed by atoms with E-state index < -0.39 is 0 Å². The number of benzene rings is 2. The van der Waals surface area contributed by atoms with Crippen LogP contribution in [-0.4, -0.2) is 24.4 Å². The normalized spacial score (nSPS) is 15.0. The minimum Gasteiger partial charge on any atom is -0.507 e. The molecule has 0 spiro atoms. The lowest BCUT2D eigenvalue weighted by molar-refractivity contribution is 0.359. The van der Waals surface area contributed by atoms with Crippen LogP contribution in [0.2, 0.25) is 0 Å². The van der Waals surface area contributed by atoms with Crippen molar-refractivity contribution in [2.45, 2.75) is 40.5 Å². The number of rotatable bonds is 7. The van der Waals surface area contributed by atoms with Gasteiger partial charge in [-0.1, -0.05) is 44.2 Å². The summed E-state index contributed by atoms with van der Waals surface area (Å²) in [5.41, 5.74) is 5.41. The van der Waals surface area contributed by atoms with Gasteiger partial charge in [-0.05, 0) is 73.1 Å². The summed E-state index contributed by atoms with van der Waals surface area (Å²) in [4.78, 5) is 6.68. The van der Waals surface area contributed by atoms with E-state index in [4.69, 9.17) is 0 Å². The maximum atomic E-state index is 10.4. The van der Waals surface area contributed by atoms with Gasteiger partial charge >= 0.3 is 0 Å². The molecule has 1 aliphatic carbocycles. The predicted octanol–water partition coefficient (Wildman–Crippen LogP) is 7.09. The molecular formula is C30H32N4O. The highest BCUT2D eigenvalue weighted by Crippen LogP contribution is 2.39. The summed E-state index contributed by atoms with van der Waals surface area (Å²) >= 11 is 0. The molecule has 0 saturated heterocycles. The Morgan fingerprint density at radius 2 is 1.74 bits per heavy atom. The van der Waals surface area contributed by atoms with Gasteiger partial charge in [0.25, 0.3) is 0 Å². The molecule has 2 aromatic carbocycles. The lowest BCUT2D eigenvalue weighted by Gasteiger charge is -2.30. The zero-order valence-corrected chi connectivity index (χ0v) is 20.9. The molecule has 0 radical (unpaired) electrons. The largest absolute Gasteiger partial charge is 0.507 e. The molecule has 0 aliphatic heterocycles. The Kier molecular flexibility index (Phi) is 8.29.